The zero-order chi connectivity index (χ0) is 24.9. The molecule has 4 aromatic rings. The van der Waals surface area contributed by atoms with Crippen molar-refractivity contribution in [3.05, 3.63) is 30.2 Å². The highest BCUT2D eigenvalue weighted by atomic mass is 19.4. The highest BCUT2D eigenvalue weighted by Gasteiger charge is 2.31. The molecule has 0 radical (unpaired) electrons. The molecular weight excluding hydrogens is 466 g/mol. The van der Waals surface area contributed by atoms with Crippen molar-refractivity contribution in [1.29, 1.82) is 0 Å². The lowest BCUT2D eigenvalue weighted by Gasteiger charge is -2.32. The molecule has 2 N–H and O–H groups in total. The molecule has 13 heteroatoms. The van der Waals surface area contributed by atoms with Gasteiger partial charge < -0.3 is 20.1 Å². The lowest BCUT2D eigenvalue weighted by Crippen LogP contribution is -2.46. The standard InChI is InChI=1S/C22H25F4N9/c1-12-28-17-5-4-15(29-20(17)34(12)11-22(24,25)26)13-6-9-35-18(13)19(27-2)31-21(32-35)30-16-7-8-33(3)10-14(16)23/h4-6,9,14,16H,7-8,10-11H2,1-3H3,(H2,27,30,31,32)/t14-,16+/m1/s1. The van der Waals surface area contributed by atoms with Crippen LogP contribution >= 0.6 is 0 Å². The maximum absolute atomic E-state index is 14.5. The lowest BCUT2D eigenvalue weighted by atomic mass is 10.0. The first kappa shape index (κ1) is 23.3. The SMILES string of the molecule is CNc1nc(N[C@H]2CCN(C)C[C@H]2F)nn2ccc(-c3ccc4nc(C)n(CC(F)(F)F)c4n3)c12. The predicted octanol–water partition coefficient (Wildman–Crippen LogP) is 3.51. The Bertz CT molecular complexity index is 1380. The van der Waals surface area contributed by atoms with Gasteiger partial charge in [0.15, 0.2) is 11.5 Å². The number of rotatable bonds is 5. The average molecular weight is 491 g/mol. The normalized spacial score (nSPS) is 19.5. The molecule has 0 unspecified atom stereocenters. The molecule has 1 aliphatic heterocycles. The summed E-state index contributed by atoms with van der Waals surface area (Å²) in [6.07, 6.45) is -3.11. The molecule has 2 atom stereocenters. The first-order valence-corrected chi connectivity index (χ1v) is 11.2. The summed E-state index contributed by atoms with van der Waals surface area (Å²) >= 11 is 0. The Balaban J connectivity index is 1.53. The van der Waals surface area contributed by atoms with Gasteiger partial charge in [-0.25, -0.2) is 18.9 Å². The van der Waals surface area contributed by atoms with Gasteiger partial charge in [-0.1, -0.05) is 0 Å². The van der Waals surface area contributed by atoms with E-state index in [9.17, 15) is 17.6 Å². The third-order valence-electron chi connectivity index (χ3n) is 6.20. The number of nitrogens with zero attached hydrogens (tertiary/aromatic N) is 7. The van der Waals surface area contributed by atoms with Gasteiger partial charge in [0.1, 0.15) is 29.6 Å². The van der Waals surface area contributed by atoms with Crippen LogP contribution in [0.4, 0.5) is 29.3 Å². The number of hydrogen-bond acceptors (Lipinski definition) is 7. The van der Waals surface area contributed by atoms with Crippen LogP contribution in [0.5, 0.6) is 0 Å². The van der Waals surface area contributed by atoms with Crippen LogP contribution in [0.1, 0.15) is 12.2 Å². The van der Waals surface area contributed by atoms with Gasteiger partial charge in [0, 0.05) is 31.9 Å². The van der Waals surface area contributed by atoms with Crippen molar-refractivity contribution in [2.75, 3.05) is 37.8 Å². The predicted molar refractivity (Wildman–Crippen MR) is 124 cm³/mol. The van der Waals surface area contributed by atoms with Crippen LogP contribution in [0.15, 0.2) is 24.4 Å². The lowest BCUT2D eigenvalue weighted by molar-refractivity contribution is -0.140. The van der Waals surface area contributed by atoms with Crippen molar-refractivity contribution in [2.24, 2.45) is 0 Å². The zero-order valence-corrected chi connectivity index (χ0v) is 19.4. The van der Waals surface area contributed by atoms with Crippen LogP contribution in [-0.2, 0) is 6.54 Å². The van der Waals surface area contributed by atoms with Gasteiger partial charge in [-0.15, -0.1) is 5.10 Å². The Morgan fingerprint density at radius 1 is 1.14 bits per heavy atom. The Kier molecular flexibility index (Phi) is 5.74. The Hall–Kier alpha value is -3.48. The van der Waals surface area contributed by atoms with E-state index in [2.05, 4.69) is 30.7 Å². The second-order valence-electron chi connectivity index (χ2n) is 8.77. The minimum atomic E-state index is -4.40. The molecule has 0 aliphatic carbocycles. The molecule has 0 saturated carbocycles. The Labute approximate surface area is 198 Å². The molecule has 0 bridgehead atoms. The number of anilines is 2. The maximum Gasteiger partial charge on any atom is 0.406 e. The highest BCUT2D eigenvalue weighted by Crippen LogP contribution is 2.31. The third kappa shape index (κ3) is 4.47. The largest absolute Gasteiger partial charge is 0.406 e. The first-order valence-electron chi connectivity index (χ1n) is 11.2. The molecule has 1 fully saturated rings. The van der Waals surface area contributed by atoms with E-state index in [1.165, 1.54) is 6.92 Å². The quantitative estimate of drug-likeness (QED) is 0.413. The van der Waals surface area contributed by atoms with Crippen molar-refractivity contribution in [1.82, 2.24) is 34.0 Å². The summed E-state index contributed by atoms with van der Waals surface area (Å²) < 4.78 is 56.5. The fraction of sp³-hybridized carbons (Fsp3) is 0.455. The van der Waals surface area contributed by atoms with E-state index < -0.39 is 24.9 Å². The smallest absolute Gasteiger partial charge is 0.371 e. The van der Waals surface area contributed by atoms with Crippen LogP contribution in [0.2, 0.25) is 0 Å². The summed E-state index contributed by atoms with van der Waals surface area (Å²) in [4.78, 5) is 15.2. The molecule has 0 aromatic carbocycles. The van der Waals surface area contributed by atoms with Gasteiger partial charge in [-0.3, -0.25) is 0 Å². The van der Waals surface area contributed by atoms with Crippen LogP contribution in [0.25, 0.3) is 27.9 Å². The van der Waals surface area contributed by atoms with E-state index >= 15 is 0 Å². The molecule has 0 amide bonds. The van der Waals surface area contributed by atoms with E-state index in [1.54, 1.807) is 36.0 Å². The molecule has 4 aromatic heterocycles. The number of pyridine rings is 1. The van der Waals surface area contributed by atoms with E-state index in [0.29, 0.717) is 41.1 Å². The maximum atomic E-state index is 14.5. The van der Waals surface area contributed by atoms with Crippen molar-refractivity contribution in [2.45, 2.75) is 38.3 Å². The molecule has 5 heterocycles. The minimum absolute atomic E-state index is 0.151. The number of likely N-dealkylation sites (tertiary alicyclic amines) is 1. The second-order valence-corrected chi connectivity index (χ2v) is 8.77. The number of halogens is 4. The number of aryl methyl sites for hydroxylation is 1. The van der Waals surface area contributed by atoms with E-state index in [-0.39, 0.29) is 17.4 Å². The van der Waals surface area contributed by atoms with E-state index in [1.807, 2.05) is 11.9 Å². The monoisotopic (exact) mass is 491 g/mol. The summed E-state index contributed by atoms with van der Waals surface area (Å²) in [6, 6.07) is 4.73. The van der Waals surface area contributed by atoms with Gasteiger partial charge in [0.05, 0.1) is 11.7 Å². The van der Waals surface area contributed by atoms with Crippen molar-refractivity contribution < 1.29 is 17.6 Å². The number of fused-ring (bicyclic) bond motifs is 2. The van der Waals surface area contributed by atoms with Gasteiger partial charge in [-0.05, 0) is 38.6 Å². The fourth-order valence-corrected chi connectivity index (χ4v) is 4.49. The van der Waals surface area contributed by atoms with E-state index in [4.69, 9.17) is 0 Å². The topological polar surface area (TPSA) is 88.2 Å². The molecule has 35 heavy (non-hydrogen) atoms. The zero-order valence-electron chi connectivity index (χ0n) is 19.4. The number of imidazole rings is 1. The third-order valence-corrected chi connectivity index (χ3v) is 6.20. The number of aromatic nitrogens is 6. The summed E-state index contributed by atoms with van der Waals surface area (Å²) in [5, 5.41) is 10.6. The summed E-state index contributed by atoms with van der Waals surface area (Å²) in [6.45, 7) is 1.46. The minimum Gasteiger partial charge on any atom is -0.371 e. The van der Waals surface area contributed by atoms with Crippen LogP contribution in [0, 0.1) is 6.92 Å². The summed E-state index contributed by atoms with van der Waals surface area (Å²) in [7, 11) is 3.59. The van der Waals surface area contributed by atoms with Gasteiger partial charge in [0.2, 0.25) is 5.95 Å². The Morgan fingerprint density at radius 3 is 2.66 bits per heavy atom. The summed E-state index contributed by atoms with van der Waals surface area (Å²) in [5.74, 6) is 0.995. The second kappa shape index (κ2) is 8.63. The number of nitrogens with one attached hydrogen (secondary N) is 2. The molecule has 9 nitrogen and oxygen atoms in total. The Morgan fingerprint density at radius 2 is 1.94 bits per heavy atom. The van der Waals surface area contributed by atoms with Crippen LogP contribution in [0.3, 0.4) is 0 Å². The van der Waals surface area contributed by atoms with Crippen LogP contribution < -0.4 is 10.6 Å². The van der Waals surface area contributed by atoms with Crippen molar-refractivity contribution in [3.63, 3.8) is 0 Å². The highest BCUT2D eigenvalue weighted by molar-refractivity contribution is 5.89. The van der Waals surface area contributed by atoms with Crippen molar-refractivity contribution >= 4 is 28.4 Å². The molecule has 186 valence electrons. The number of piperidine rings is 1. The molecule has 1 saturated heterocycles. The van der Waals surface area contributed by atoms with Gasteiger partial charge >= 0.3 is 6.18 Å². The van der Waals surface area contributed by atoms with E-state index in [0.717, 1.165) is 11.1 Å². The summed E-state index contributed by atoms with van der Waals surface area (Å²) in [5.41, 5.74) is 2.24. The number of hydrogen-bond donors (Lipinski definition) is 2. The van der Waals surface area contributed by atoms with Gasteiger partial charge in [0.25, 0.3) is 0 Å². The fourth-order valence-electron chi connectivity index (χ4n) is 4.49. The van der Waals surface area contributed by atoms with Gasteiger partial charge in [-0.2, -0.15) is 18.2 Å². The van der Waals surface area contributed by atoms with Crippen molar-refractivity contribution in [3.8, 4) is 11.3 Å². The first-order chi connectivity index (χ1) is 16.6. The number of alkyl halides is 4. The van der Waals surface area contributed by atoms with Crippen LogP contribution in [-0.4, -0.2) is 79.6 Å². The molecule has 5 rings (SSSR count). The molecular formula is C22H25F4N9. The molecule has 1 aliphatic rings. The average Bonchev–Trinajstić information content (AvgIpc) is 3.35. The molecule has 0 spiro atoms.